The Morgan fingerprint density at radius 2 is 1.85 bits per heavy atom. The number of carbonyl (C=O) groups is 3. The van der Waals surface area contributed by atoms with Gasteiger partial charge in [-0.1, -0.05) is 12.1 Å². The van der Waals surface area contributed by atoms with E-state index in [2.05, 4.69) is 10.1 Å². The van der Waals surface area contributed by atoms with Crippen molar-refractivity contribution < 1.29 is 19.1 Å². The Kier molecular flexibility index (Phi) is 5.46. The van der Waals surface area contributed by atoms with E-state index in [1.54, 1.807) is 30.3 Å². The minimum atomic E-state index is -0.728. The van der Waals surface area contributed by atoms with Crippen LogP contribution in [0.3, 0.4) is 0 Å². The van der Waals surface area contributed by atoms with Gasteiger partial charge in [0.2, 0.25) is 11.8 Å². The summed E-state index contributed by atoms with van der Waals surface area (Å²) < 4.78 is 4.58. The van der Waals surface area contributed by atoms with Crippen molar-refractivity contribution in [2.75, 3.05) is 7.11 Å². The molecular weight excluding hydrogens is 260 g/mol. The van der Waals surface area contributed by atoms with Gasteiger partial charge in [0.05, 0.1) is 12.7 Å². The SMILES string of the molecule is COC(=O)c1ccc(C=CC(=O)NC(C)C(N)=O)cc1. The second-order valence-electron chi connectivity index (χ2n) is 4.08. The first kappa shape index (κ1) is 15.4. The molecule has 0 bridgehead atoms. The molecule has 6 heteroatoms. The number of ether oxygens (including phenoxy) is 1. The number of hydrogen-bond donors (Lipinski definition) is 2. The highest BCUT2D eigenvalue weighted by atomic mass is 16.5. The number of carbonyl (C=O) groups excluding carboxylic acids is 3. The van der Waals surface area contributed by atoms with Crippen LogP contribution >= 0.6 is 0 Å². The number of primary amides is 1. The molecule has 0 radical (unpaired) electrons. The van der Waals surface area contributed by atoms with Crippen molar-refractivity contribution in [1.29, 1.82) is 0 Å². The van der Waals surface area contributed by atoms with Crippen molar-refractivity contribution in [3.05, 3.63) is 41.5 Å². The molecule has 3 N–H and O–H groups in total. The molecule has 1 aromatic rings. The van der Waals surface area contributed by atoms with Gasteiger partial charge in [-0.05, 0) is 30.7 Å². The first-order valence-corrected chi connectivity index (χ1v) is 5.90. The molecule has 1 rings (SSSR count). The van der Waals surface area contributed by atoms with Crippen LogP contribution in [0.25, 0.3) is 6.08 Å². The van der Waals surface area contributed by atoms with Crippen molar-refractivity contribution in [3.8, 4) is 0 Å². The lowest BCUT2D eigenvalue weighted by Crippen LogP contribution is -2.41. The number of benzene rings is 1. The van der Waals surface area contributed by atoms with Gasteiger partial charge in [0.15, 0.2) is 0 Å². The molecule has 106 valence electrons. The summed E-state index contributed by atoms with van der Waals surface area (Å²) in [6.07, 6.45) is 2.84. The smallest absolute Gasteiger partial charge is 0.337 e. The second-order valence-corrected chi connectivity index (χ2v) is 4.08. The first-order valence-electron chi connectivity index (χ1n) is 5.90. The van der Waals surface area contributed by atoms with Gasteiger partial charge in [-0.25, -0.2) is 4.79 Å². The van der Waals surface area contributed by atoms with Gasteiger partial charge in [-0.2, -0.15) is 0 Å². The molecule has 0 aromatic heterocycles. The minimum absolute atomic E-state index is 0.423. The molecule has 0 spiro atoms. The van der Waals surface area contributed by atoms with E-state index in [1.807, 2.05) is 0 Å². The maximum atomic E-state index is 11.5. The van der Waals surface area contributed by atoms with E-state index >= 15 is 0 Å². The van der Waals surface area contributed by atoms with Gasteiger partial charge in [0.25, 0.3) is 0 Å². The molecule has 0 aliphatic carbocycles. The molecule has 0 saturated carbocycles. The highest BCUT2D eigenvalue weighted by Crippen LogP contribution is 2.07. The van der Waals surface area contributed by atoms with Gasteiger partial charge in [-0.3, -0.25) is 9.59 Å². The minimum Gasteiger partial charge on any atom is -0.465 e. The van der Waals surface area contributed by atoms with Crippen molar-refractivity contribution in [2.45, 2.75) is 13.0 Å². The monoisotopic (exact) mass is 276 g/mol. The summed E-state index contributed by atoms with van der Waals surface area (Å²) in [6, 6.07) is 5.81. The number of nitrogens with two attached hydrogens (primary N) is 1. The zero-order valence-corrected chi connectivity index (χ0v) is 11.3. The van der Waals surface area contributed by atoms with E-state index < -0.39 is 23.8 Å². The third kappa shape index (κ3) is 4.56. The molecule has 1 unspecified atom stereocenters. The van der Waals surface area contributed by atoms with E-state index in [1.165, 1.54) is 20.1 Å². The lowest BCUT2D eigenvalue weighted by Gasteiger charge is -2.07. The Hall–Kier alpha value is -2.63. The fraction of sp³-hybridized carbons (Fsp3) is 0.214. The van der Waals surface area contributed by atoms with Crippen LogP contribution in [-0.4, -0.2) is 30.9 Å². The zero-order chi connectivity index (χ0) is 15.1. The van der Waals surface area contributed by atoms with E-state index in [4.69, 9.17) is 5.73 Å². The van der Waals surface area contributed by atoms with Crippen LogP contribution in [0.2, 0.25) is 0 Å². The summed E-state index contributed by atoms with van der Waals surface area (Å²) in [5.41, 5.74) is 6.19. The molecule has 1 atom stereocenters. The van der Waals surface area contributed by atoms with Crippen molar-refractivity contribution in [2.24, 2.45) is 5.73 Å². The average molecular weight is 276 g/mol. The Labute approximate surface area is 116 Å². The Balaban J connectivity index is 2.64. The normalized spacial score (nSPS) is 11.9. The predicted molar refractivity (Wildman–Crippen MR) is 73.6 cm³/mol. The summed E-state index contributed by atoms with van der Waals surface area (Å²) in [5, 5.41) is 2.41. The lowest BCUT2D eigenvalue weighted by molar-refractivity contribution is -0.124. The van der Waals surface area contributed by atoms with Gasteiger partial charge in [-0.15, -0.1) is 0 Å². The number of amides is 2. The molecule has 1 aromatic carbocycles. The molecule has 2 amide bonds. The van der Waals surface area contributed by atoms with Gasteiger partial charge in [0, 0.05) is 6.08 Å². The maximum absolute atomic E-state index is 11.5. The van der Waals surface area contributed by atoms with Crippen LogP contribution in [0.1, 0.15) is 22.8 Å². The van der Waals surface area contributed by atoms with Crippen LogP contribution in [0.5, 0.6) is 0 Å². The van der Waals surface area contributed by atoms with Crippen molar-refractivity contribution >= 4 is 23.9 Å². The predicted octanol–water partition coefficient (Wildman–Crippen LogP) is 0.476. The molecule has 0 saturated heterocycles. The Morgan fingerprint density at radius 1 is 1.25 bits per heavy atom. The van der Waals surface area contributed by atoms with Crippen molar-refractivity contribution in [1.82, 2.24) is 5.32 Å². The Morgan fingerprint density at radius 3 is 2.35 bits per heavy atom. The fourth-order valence-electron chi connectivity index (χ4n) is 1.35. The van der Waals surface area contributed by atoms with Gasteiger partial charge < -0.3 is 15.8 Å². The summed E-state index contributed by atoms with van der Waals surface area (Å²) in [7, 11) is 1.31. The number of esters is 1. The van der Waals surface area contributed by atoms with E-state index in [0.29, 0.717) is 5.56 Å². The number of rotatable bonds is 5. The van der Waals surface area contributed by atoms with E-state index in [9.17, 15) is 14.4 Å². The maximum Gasteiger partial charge on any atom is 0.337 e. The summed E-state index contributed by atoms with van der Waals surface area (Å²) >= 11 is 0. The molecular formula is C14H16N2O4. The van der Waals surface area contributed by atoms with E-state index in [0.717, 1.165) is 5.56 Å². The number of hydrogen-bond acceptors (Lipinski definition) is 4. The van der Waals surface area contributed by atoms with Crippen LogP contribution in [0.4, 0.5) is 0 Å². The molecule has 0 aliphatic rings. The van der Waals surface area contributed by atoms with Crippen LogP contribution in [0, 0.1) is 0 Å². The number of methoxy groups -OCH3 is 1. The first-order chi connectivity index (χ1) is 9.43. The van der Waals surface area contributed by atoms with Crippen molar-refractivity contribution in [3.63, 3.8) is 0 Å². The summed E-state index contributed by atoms with van der Waals surface area (Å²) in [6.45, 7) is 1.50. The quantitative estimate of drug-likeness (QED) is 0.603. The largest absolute Gasteiger partial charge is 0.465 e. The zero-order valence-electron chi connectivity index (χ0n) is 11.3. The highest BCUT2D eigenvalue weighted by Gasteiger charge is 2.09. The third-order valence-electron chi connectivity index (χ3n) is 2.54. The standard InChI is InChI=1S/C14H16N2O4/c1-9(13(15)18)16-12(17)8-5-10-3-6-11(7-4-10)14(19)20-2/h3-9H,1-2H3,(H2,15,18)(H,16,17). The fourth-order valence-corrected chi connectivity index (χ4v) is 1.35. The van der Waals surface area contributed by atoms with Gasteiger partial charge >= 0.3 is 5.97 Å². The third-order valence-corrected chi connectivity index (χ3v) is 2.54. The molecule has 6 nitrogen and oxygen atoms in total. The molecule has 0 heterocycles. The summed E-state index contributed by atoms with van der Waals surface area (Å²) in [4.78, 5) is 33.5. The van der Waals surface area contributed by atoms with Crippen LogP contribution < -0.4 is 11.1 Å². The molecule has 20 heavy (non-hydrogen) atoms. The van der Waals surface area contributed by atoms with Crippen LogP contribution in [0.15, 0.2) is 30.3 Å². The van der Waals surface area contributed by atoms with Gasteiger partial charge in [0.1, 0.15) is 6.04 Å². The topological polar surface area (TPSA) is 98.5 Å². The van der Waals surface area contributed by atoms with E-state index in [-0.39, 0.29) is 0 Å². The molecule has 0 fully saturated rings. The highest BCUT2D eigenvalue weighted by molar-refractivity contribution is 5.95. The summed E-state index contributed by atoms with van der Waals surface area (Å²) in [5.74, 6) is -1.45. The Bertz CT molecular complexity index is 535. The molecule has 0 aliphatic heterocycles. The average Bonchev–Trinajstić information content (AvgIpc) is 2.44. The lowest BCUT2D eigenvalue weighted by atomic mass is 10.1. The number of nitrogens with one attached hydrogen (secondary N) is 1. The van der Waals surface area contributed by atoms with Crippen LogP contribution in [-0.2, 0) is 14.3 Å². The second kappa shape index (κ2) is 7.08.